The Kier molecular flexibility index (Phi) is 2.69. The summed E-state index contributed by atoms with van der Waals surface area (Å²) >= 11 is 0. The van der Waals surface area contributed by atoms with Crippen molar-refractivity contribution in [2.24, 2.45) is 11.3 Å². The predicted octanol–water partition coefficient (Wildman–Crippen LogP) is 1.73. The Bertz CT molecular complexity index is 515. The lowest BCUT2D eigenvalue weighted by molar-refractivity contribution is -0.143. The molecule has 5 heteroatoms. The Morgan fingerprint density at radius 2 is 2.11 bits per heavy atom. The largest absolute Gasteiger partial charge is 0.481 e. The lowest BCUT2D eigenvalue weighted by Crippen LogP contribution is -2.34. The van der Waals surface area contributed by atoms with Crippen molar-refractivity contribution in [1.29, 1.82) is 0 Å². The summed E-state index contributed by atoms with van der Waals surface area (Å²) in [7, 11) is 0. The van der Waals surface area contributed by atoms with Crippen LogP contribution in [0, 0.1) is 11.3 Å². The van der Waals surface area contributed by atoms with Crippen LogP contribution in [0.3, 0.4) is 0 Å². The second-order valence-electron chi connectivity index (χ2n) is 5.28. The molecule has 2 unspecified atom stereocenters. The van der Waals surface area contributed by atoms with E-state index in [4.69, 9.17) is 9.84 Å². The maximum Gasteiger partial charge on any atom is 0.410 e. The zero-order valence-corrected chi connectivity index (χ0v) is 10.4. The Morgan fingerprint density at radius 1 is 1.37 bits per heavy atom. The van der Waals surface area contributed by atoms with Gasteiger partial charge in [-0.2, -0.15) is 0 Å². The van der Waals surface area contributed by atoms with Gasteiger partial charge >= 0.3 is 12.1 Å². The molecule has 2 atom stereocenters. The van der Waals surface area contributed by atoms with E-state index in [2.05, 4.69) is 0 Å². The molecular formula is C14H15NO4. The summed E-state index contributed by atoms with van der Waals surface area (Å²) in [5.41, 5.74) is 0.235. The van der Waals surface area contributed by atoms with Crippen molar-refractivity contribution in [3.8, 4) is 0 Å². The van der Waals surface area contributed by atoms with Crippen molar-refractivity contribution in [3.63, 3.8) is 0 Å². The molecule has 0 radical (unpaired) electrons. The number of ether oxygens (including phenoxy) is 1. The molecule has 1 aromatic carbocycles. The second kappa shape index (κ2) is 4.26. The van der Waals surface area contributed by atoms with Crippen LogP contribution >= 0.6 is 0 Å². The first-order chi connectivity index (χ1) is 9.12. The lowest BCUT2D eigenvalue weighted by Gasteiger charge is -2.19. The minimum atomic E-state index is -0.796. The topological polar surface area (TPSA) is 66.8 Å². The van der Waals surface area contributed by atoms with Gasteiger partial charge in [0.1, 0.15) is 6.61 Å². The first-order valence-electron chi connectivity index (χ1n) is 6.31. The van der Waals surface area contributed by atoms with E-state index in [0.29, 0.717) is 13.0 Å². The third-order valence-electron chi connectivity index (χ3n) is 4.04. The fourth-order valence-electron chi connectivity index (χ4n) is 2.76. The van der Waals surface area contributed by atoms with E-state index in [1.54, 1.807) is 0 Å². The van der Waals surface area contributed by atoms with Gasteiger partial charge in [0.25, 0.3) is 0 Å². The van der Waals surface area contributed by atoms with Crippen molar-refractivity contribution < 1.29 is 19.4 Å². The number of fused-ring (bicyclic) bond motifs is 1. The fraction of sp³-hybridized carbons (Fsp3) is 0.429. The molecule has 1 N–H and O–H groups in total. The minimum Gasteiger partial charge on any atom is -0.481 e. The van der Waals surface area contributed by atoms with Crippen LogP contribution in [-0.4, -0.2) is 35.2 Å². The molecule has 1 aromatic rings. The molecule has 0 spiro atoms. The Balaban J connectivity index is 1.54. The Labute approximate surface area is 110 Å². The summed E-state index contributed by atoms with van der Waals surface area (Å²) in [4.78, 5) is 24.5. The van der Waals surface area contributed by atoms with Crippen molar-refractivity contribution in [1.82, 2.24) is 4.90 Å². The van der Waals surface area contributed by atoms with Gasteiger partial charge in [-0.3, -0.25) is 4.79 Å². The molecule has 19 heavy (non-hydrogen) atoms. The van der Waals surface area contributed by atoms with Crippen LogP contribution in [0.5, 0.6) is 0 Å². The summed E-state index contributed by atoms with van der Waals surface area (Å²) in [5.74, 6) is -0.690. The van der Waals surface area contributed by atoms with Gasteiger partial charge in [0.15, 0.2) is 0 Å². The number of carbonyl (C=O) groups excluding carboxylic acids is 1. The van der Waals surface area contributed by atoms with E-state index in [-0.39, 0.29) is 19.1 Å². The number of amides is 1. The monoisotopic (exact) mass is 261 g/mol. The number of carboxylic acid groups (broad SMARTS) is 1. The molecule has 1 aliphatic heterocycles. The average molecular weight is 261 g/mol. The zero-order valence-electron chi connectivity index (χ0n) is 10.4. The van der Waals surface area contributed by atoms with E-state index >= 15 is 0 Å². The zero-order chi connectivity index (χ0) is 13.5. The second-order valence-corrected chi connectivity index (χ2v) is 5.28. The smallest absolute Gasteiger partial charge is 0.410 e. The summed E-state index contributed by atoms with van der Waals surface area (Å²) in [6.07, 6.45) is 0.266. The van der Waals surface area contributed by atoms with Gasteiger partial charge in [-0.1, -0.05) is 30.3 Å². The fourth-order valence-corrected chi connectivity index (χ4v) is 2.76. The van der Waals surface area contributed by atoms with Crippen LogP contribution in [0.15, 0.2) is 30.3 Å². The highest BCUT2D eigenvalue weighted by Gasteiger charge is 2.66. The predicted molar refractivity (Wildman–Crippen MR) is 66.4 cm³/mol. The van der Waals surface area contributed by atoms with Gasteiger partial charge in [0.2, 0.25) is 0 Å². The number of carbonyl (C=O) groups is 2. The number of aliphatic carboxylic acids is 1. The lowest BCUT2D eigenvalue weighted by atomic mass is 10.1. The highest BCUT2D eigenvalue weighted by Crippen LogP contribution is 2.57. The summed E-state index contributed by atoms with van der Waals surface area (Å²) < 4.78 is 5.20. The van der Waals surface area contributed by atoms with Gasteiger partial charge < -0.3 is 14.7 Å². The number of benzene rings is 1. The third kappa shape index (κ3) is 2.05. The van der Waals surface area contributed by atoms with Gasteiger partial charge in [-0.25, -0.2) is 4.79 Å². The van der Waals surface area contributed by atoms with Gasteiger partial charge in [-0.15, -0.1) is 0 Å². The van der Waals surface area contributed by atoms with Gasteiger partial charge in [0.05, 0.1) is 5.41 Å². The van der Waals surface area contributed by atoms with Crippen molar-refractivity contribution in [3.05, 3.63) is 35.9 Å². The molecule has 5 nitrogen and oxygen atoms in total. The van der Waals surface area contributed by atoms with Crippen LogP contribution in [0.25, 0.3) is 0 Å². The van der Waals surface area contributed by atoms with E-state index in [1.807, 2.05) is 30.3 Å². The van der Waals surface area contributed by atoms with E-state index < -0.39 is 17.5 Å². The van der Waals surface area contributed by atoms with Crippen LogP contribution in [0.4, 0.5) is 4.79 Å². The molecule has 1 saturated heterocycles. The number of carboxylic acids is 1. The molecule has 1 amide bonds. The van der Waals surface area contributed by atoms with Gasteiger partial charge in [0, 0.05) is 13.1 Å². The van der Waals surface area contributed by atoms with Crippen LogP contribution in [-0.2, 0) is 16.1 Å². The van der Waals surface area contributed by atoms with Crippen molar-refractivity contribution in [2.75, 3.05) is 13.1 Å². The SMILES string of the molecule is O=C(OCc1ccccc1)N1CC2CC2(C(=O)O)C1. The molecule has 0 bridgehead atoms. The Morgan fingerprint density at radius 3 is 2.74 bits per heavy atom. The molecule has 0 aromatic heterocycles. The summed E-state index contributed by atoms with van der Waals surface area (Å²) in [6, 6.07) is 9.43. The highest BCUT2D eigenvalue weighted by molar-refractivity contribution is 5.81. The van der Waals surface area contributed by atoms with Crippen LogP contribution in [0.2, 0.25) is 0 Å². The first-order valence-corrected chi connectivity index (χ1v) is 6.31. The molecule has 1 saturated carbocycles. The number of hydrogen-bond acceptors (Lipinski definition) is 3. The molecule has 1 heterocycles. The third-order valence-corrected chi connectivity index (χ3v) is 4.04. The number of rotatable bonds is 3. The molecule has 3 rings (SSSR count). The van der Waals surface area contributed by atoms with E-state index in [1.165, 1.54) is 4.90 Å². The average Bonchev–Trinajstić information content (AvgIpc) is 3.00. The maximum absolute atomic E-state index is 11.9. The maximum atomic E-state index is 11.9. The highest BCUT2D eigenvalue weighted by atomic mass is 16.6. The van der Waals surface area contributed by atoms with Crippen molar-refractivity contribution >= 4 is 12.1 Å². The molecule has 2 fully saturated rings. The number of nitrogens with zero attached hydrogens (tertiary/aromatic N) is 1. The molecular weight excluding hydrogens is 246 g/mol. The van der Waals surface area contributed by atoms with Crippen molar-refractivity contribution in [2.45, 2.75) is 13.0 Å². The molecule has 2 aliphatic rings. The first kappa shape index (κ1) is 12.0. The molecule has 100 valence electrons. The Hall–Kier alpha value is -2.04. The normalized spacial score (nSPS) is 27.8. The van der Waals surface area contributed by atoms with Crippen LogP contribution in [0.1, 0.15) is 12.0 Å². The number of likely N-dealkylation sites (tertiary alicyclic amines) is 1. The van der Waals surface area contributed by atoms with E-state index in [0.717, 1.165) is 5.56 Å². The quantitative estimate of drug-likeness (QED) is 0.899. The summed E-state index contributed by atoms with van der Waals surface area (Å²) in [5, 5.41) is 9.14. The molecule has 1 aliphatic carbocycles. The number of piperidine rings is 1. The number of hydrogen-bond donors (Lipinski definition) is 1. The standard InChI is InChI=1S/C14H15NO4/c16-12(17)14-6-11(14)7-15(9-14)13(18)19-8-10-4-2-1-3-5-10/h1-5,11H,6-9H2,(H,16,17). The van der Waals surface area contributed by atoms with Crippen LogP contribution < -0.4 is 0 Å². The van der Waals surface area contributed by atoms with E-state index in [9.17, 15) is 9.59 Å². The summed E-state index contributed by atoms with van der Waals surface area (Å²) in [6.45, 7) is 1.00. The minimum absolute atomic E-state index is 0.106. The van der Waals surface area contributed by atoms with Gasteiger partial charge in [-0.05, 0) is 17.9 Å².